The van der Waals surface area contributed by atoms with Crippen molar-refractivity contribution in [2.45, 2.75) is 32.1 Å². The fraction of sp³-hybridized carbons (Fsp3) is 0.462. The molecule has 0 spiro atoms. The smallest absolute Gasteiger partial charge is 0.162 e. The molecule has 0 bridgehead atoms. The Labute approximate surface area is 93.5 Å². The summed E-state index contributed by atoms with van der Waals surface area (Å²) >= 11 is 0. The van der Waals surface area contributed by atoms with Gasteiger partial charge in [0.15, 0.2) is 11.6 Å². The molecule has 0 aliphatic heterocycles. The van der Waals surface area contributed by atoms with Crippen LogP contribution >= 0.6 is 0 Å². The molecule has 1 aromatic rings. The van der Waals surface area contributed by atoms with Crippen LogP contribution in [0.25, 0.3) is 0 Å². The fourth-order valence-corrected chi connectivity index (χ4v) is 2.31. The number of rotatable bonds is 2. The summed E-state index contributed by atoms with van der Waals surface area (Å²) in [6.45, 7) is 0. The van der Waals surface area contributed by atoms with Crippen LogP contribution in [-0.4, -0.2) is 5.78 Å². The lowest BCUT2D eigenvalue weighted by Gasteiger charge is -2.20. The molecule has 1 aromatic carbocycles. The van der Waals surface area contributed by atoms with Crippen molar-refractivity contribution >= 4 is 5.78 Å². The Balaban J connectivity index is 2.08. The molecule has 1 saturated carbocycles. The maximum absolute atomic E-state index is 13.4. The highest BCUT2D eigenvalue weighted by Crippen LogP contribution is 2.26. The predicted molar refractivity (Wildman–Crippen MR) is 57.0 cm³/mol. The summed E-state index contributed by atoms with van der Waals surface area (Å²) in [5.74, 6) is -1.15. The van der Waals surface area contributed by atoms with Gasteiger partial charge in [-0.15, -0.1) is 0 Å². The highest BCUT2D eigenvalue weighted by Gasteiger charge is 2.21. The highest BCUT2D eigenvalue weighted by molar-refractivity contribution is 5.79. The summed E-state index contributed by atoms with van der Waals surface area (Å²) in [4.78, 5) is 11.2. The molecular weight excluding hydrogens is 210 g/mol. The van der Waals surface area contributed by atoms with Crippen LogP contribution in [-0.2, 0) is 11.2 Å². The van der Waals surface area contributed by atoms with Crippen molar-refractivity contribution in [3.05, 3.63) is 35.4 Å². The topological polar surface area (TPSA) is 17.1 Å². The minimum Gasteiger partial charge on any atom is -0.300 e. The third-order valence-electron chi connectivity index (χ3n) is 3.12. The number of ketones is 1. The standard InChI is InChI=1S/C13H14F2O/c14-12-6-2-4-10(13(12)15)7-9-3-1-5-11(16)8-9/h2,4,6,9H,1,3,5,7-8H2. The van der Waals surface area contributed by atoms with E-state index in [1.54, 1.807) is 6.07 Å². The lowest BCUT2D eigenvalue weighted by atomic mass is 9.84. The Morgan fingerprint density at radius 2 is 2.12 bits per heavy atom. The first kappa shape index (κ1) is 11.2. The molecule has 1 nitrogen and oxygen atoms in total. The summed E-state index contributed by atoms with van der Waals surface area (Å²) in [6.07, 6.45) is 3.43. The van der Waals surface area contributed by atoms with E-state index in [1.807, 2.05) is 0 Å². The zero-order chi connectivity index (χ0) is 11.5. The van der Waals surface area contributed by atoms with Crippen LogP contribution in [0.4, 0.5) is 8.78 Å². The zero-order valence-corrected chi connectivity index (χ0v) is 9.01. The maximum Gasteiger partial charge on any atom is 0.162 e. The van der Waals surface area contributed by atoms with Crippen LogP contribution in [0.15, 0.2) is 18.2 Å². The van der Waals surface area contributed by atoms with Gasteiger partial charge in [-0.1, -0.05) is 12.1 Å². The Bertz CT molecular complexity index is 401. The molecule has 0 aromatic heterocycles. The molecule has 1 atom stereocenters. The molecule has 3 heteroatoms. The van der Waals surface area contributed by atoms with Crippen molar-refractivity contribution in [3.63, 3.8) is 0 Å². The lowest BCUT2D eigenvalue weighted by molar-refractivity contribution is -0.121. The molecule has 0 heterocycles. The molecule has 0 saturated heterocycles. The highest BCUT2D eigenvalue weighted by atomic mass is 19.2. The molecule has 1 unspecified atom stereocenters. The van der Waals surface area contributed by atoms with Gasteiger partial charge in [0.05, 0.1) is 0 Å². The van der Waals surface area contributed by atoms with Crippen molar-refractivity contribution in [2.75, 3.05) is 0 Å². The molecule has 16 heavy (non-hydrogen) atoms. The number of hydrogen-bond acceptors (Lipinski definition) is 1. The largest absolute Gasteiger partial charge is 0.300 e. The van der Waals surface area contributed by atoms with Gasteiger partial charge in [0.25, 0.3) is 0 Å². The van der Waals surface area contributed by atoms with E-state index in [4.69, 9.17) is 0 Å². The fourth-order valence-electron chi connectivity index (χ4n) is 2.31. The van der Waals surface area contributed by atoms with Gasteiger partial charge >= 0.3 is 0 Å². The first-order chi connectivity index (χ1) is 7.66. The van der Waals surface area contributed by atoms with E-state index in [-0.39, 0.29) is 11.7 Å². The summed E-state index contributed by atoms with van der Waals surface area (Å²) in [6, 6.07) is 4.22. The Morgan fingerprint density at radius 3 is 2.88 bits per heavy atom. The van der Waals surface area contributed by atoms with E-state index in [0.717, 1.165) is 18.9 Å². The summed E-state index contributed by atoms with van der Waals surface area (Å²) in [5.41, 5.74) is 0.389. The second-order valence-corrected chi connectivity index (χ2v) is 4.42. The van der Waals surface area contributed by atoms with Crippen LogP contribution in [0.1, 0.15) is 31.2 Å². The van der Waals surface area contributed by atoms with Gasteiger partial charge in [-0.25, -0.2) is 8.78 Å². The molecule has 1 aliphatic carbocycles. The Hall–Kier alpha value is -1.25. The predicted octanol–water partition coefficient (Wildman–Crippen LogP) is 3.27. The average Bonchev–Trinajstić information content (AvgIpc) is 2.25. The van der Waals surface area contributed by atoms with Crippen LogP contribution in [0.2, 0.25) is 0 Å². The van der Waals surface area contributed by atoms with E-state index in [2.05, 4.69) is 0 Å². The summed E-state index contributed by atoms with van der Waals surface area (Å²) < 4.78 is 26.4. The quantitative estimate of drug-likeness (QED) is 0.753. The van der Waals surface area contributed by atoms with Gasteiger partial charge in [-0.05, 0) is 36.8 Å². The molecular formula is C13H14F2O. The van der Waals surface area contributed by atoms with Gasteiger partial charge in [-0.2, -0.15) is 0 Å². The third kappa shape index (κ3) is 2.46. The lowest BCUT2D eigenvalue weighted by Crippen LogP contribution is -2.17. The minimum absolute atomic E-state index is 0.178. The monoisotopic (exact) mass is 224 g/mol. The normalized spacial score (nSPS) is 21.1. The summed E-state index contributed by atoms with van der Waals surface area (Å²) in [5, 5.41) is 0. The van der Waals surface area contributed by atoms with Crippen LogP contribution < -0.4 is 0 Å². The van der Waals surface area contributed by atoms with Crippen molar-refractivity contribution in [1.29, 1.82) is 0 Å². The molecule has 0 N–H and O–H groups in total. The van der Waals surface area contributed by atoms with Gasteiger partial charge in [0.1, 0.15) is 5.78 Å². The first-order valence-electron chi connectivity index (χ1n) is 5.61. The first-order valence-corrected chi connectivity index (χ1v) is 5.61. The number of carbonyl (C=O) groups is 1. The van der Waals surface area contributed by atoms with E-state index >= 15 is 0 Å². The van der Waals surface area contributed by atoms with E-state index in [9.17, 15) is 13.6 Å². The summed E-state index contributed by atoms with van der Waals surface area (Å²) in [7, 11) is 0. The minimum atomic E-state index is -0.806. The van der Waals surface area contributed by atoms with Crippen molar-refractivity contribution in [1.82, 2.24) is 0 Å². The van der Waals surface area contributed by atoms with Gasteiger partial charge in [0, 0.05) is 12.8 Å². The van der Waals surface area contributed by atoms with Gasteiger partial charge < -0.3 is 0 Å². The molecule has 2 rings (SSSR count). The van der Waals surface area contributed by atoms with Crippen LogP contribution in [0.3, 0.4) is 0 Å². The average molecular weight is 224 g/mol. The SMILES string of the molecule is O=C1CCCC(Cc2cccc(F)c2F)C1. The van der Waals surface area contributed by atoms with Crippen molar-refractivity contribution < 1.29 is 13.6 Å². The molecule has 1 fully saturated rings. The maximum atomic E-state index is 13.4. The molecule has 0 radical (unpaired) electrons. The Kier molecular flexibility index (Phi) is 3.32. The van der Waals surface area contributed by atoms with Crippen molar-refractivity contribution in [3.8, 4) is 0 Å². The van der Waals surface area contributed by atoms with Crippen LogP contribution in [0, 0.1) is 17.6 Å². The number of carbonyl (C=O) groups excluding carboxylic acids is 1. The number of Topliss-reactive ketones (excluding diaryl/α,β-unsaturated/α-hetero) is 1. The van der Waals surface area contributed by atoms with Crippen LogP contribution in [0.5, 0.6) is 0 Å². The number of benzene rings is 1. The Morgan fingerprint density at radius 1 is 1.31 bits per heavy atom. The molecule has 0 amide bonds. The van der Waals surface area contributed by atoms with E-state index in [1.165, 1.54) is 6.07 Å². The second-order valence-electron chi connectivity index (χ2n) is 4.42. The van der Waals surface area contributed by atoms with Gasteiger partial charge in [0.2, 0.25) is 0 Å². The molecule has 86 valence electrons. The third-order valence-corrected chi connectivity index (χ3v) is 3.12. The zero-order valence-electron chi connectivity index (χ0n) is 9.01. The van der Waals surface area contributed by atoms with Gasteiger partial charge in [-0.3, -0.25) is 4.79 Å². The number of halogens is 2. The second kappa shape index (κ2) is 4.73. The van der Waals surface area contributed by atoms with E-state index in [0.29, 0.717) is 24.8 Å². The van der Waals surface area contributed by atoms with E-state index < -0.39 is 11.6 Å². The molecule has 1 aliphatic rings. The number of hydrogen-bond donors (Lipinski definition) is 0. The van der Waals surface area contributed by atoms with Crippen molar-refractivity contribution in [2.24, 2.45) is 5.92 Å².